The summed E-state index contributed by atoms with van der Waals surface area (Å²) in [5.41, 5.74) is 7.46. The number of benzene rings is 1. The van der Waals surface area contributed by atoms with E-state index in [1.54, 1.807) is 7.11 Å². The van der Waals surface area contributed by atoms with Gasteiger partial charge in [0, 0.05) is 38.8 Å². The third-order valence-corrected chi connectivity index (χ3v) is 3.89. The maximum absolute atomic E-state index is 6.31. The van der Waals surface area contributed by atoms with Gasteiger partial charge in [0.1, 0.15) is 5.75 Å². The molecular weight excluding hydrogens is 238 g/mol. The standard InChI is InChI=1S/C15H25N3O/c1-3-17-7-9-18(10-8-17)12-15(16)13-5-4-6-14(11-13)19-2/h4-6,11,15H,3,7-10,12,16H2,1-2H3. The molecule has 1 aromatic rings. The smallest absolute Gasteiger partial charge is 0.119 e. The highest BCUT2D eigenvalue weighted by molar-refractivity contribution is 5.30. The topological polar surface area (TPSA) is 41.7 Å². The van der Waals surface area contributed by atoms with Crippen molar-refractivity contribution in [3.63, 3.8) is 0 Å². The van der Waals surface area contributed by atoms with E-state index in [0.717, 1.165) is 50.6 Å². The quantitative estimate of drug-likeness (QED) is 0.870. The van der Waals surface area contributed by atoms with Crippen LogP contribution in [0.5, 0.6) is 5.75 Å². The largest absolute Gasteiger partial charge is 0.497 e. The average Bonchev–Trinajstić information content (AvgIpc) is 2.48. The van der Waals surface area contributed by atoms with Crippen LogP contribution in [-0.2, 0) is 0 Å². The Bertz CT molecular complexity index is 389. The molecule has 1 aliphatic heterocycles. The summed E-state index contributed by atoms with van der Waals surface area (Å²) in [6.45, 7) is 8.83. The first-order valence-corrected chi connectivity index (χ1v) is 7.07. The van der Waals surface area contributed by atoms with Crippen LogP contribution >= 0.6 is 0 Å². The van der Waals surface area contributed by atoms with E-state index in [1.807, 2.05) is 18.2 Å². The molecule has 106 valence electrons. The number of hydrogen-bond acceptors (Lipinski definition) is 4. The second-order valence-electron chi connectivity index (χ2n) is 5.12. The summed E-state index contributed by atoms with van der Waals surface area (Å²) in [7, 11) is 1.69. The van der Waals surface area contributed by atoms with Gasteiger partial charge in [0.15, 0.2) is 0 Å². The molecule has 0 radical (unpaired) electrons. The Kier molecular flexibility index (Phi) is 5.19. The van der Waals surface area contributed by atoms with Gasteiger partial charge in [-0.05, 0) is 24.2 Å². The van der Waals surface area contributed by atoms with Crippen LogP contribution in [-0.4, -0.2) is 56.2 Å². The van der Waals surface area contributed by atoms with Crippen LogP contribution in [0.1, 0.15) is 18.5 Å². The number of hydrogen-bond donors (Lipinski definition) is 1. The van der Waals surface area contributed by atoms with E-state index in [9.17, 15) is 0 Å². The highest BCUT2D eigenvalue weighted by Crippen LogP contribution is 2.18. The van der Waals surface area contributed by atoms with Gasteiger partial charge in [-0.2, -0.15) is 0 Å². The van der Waals surface area contributed by atoms with Crippen LogP contribution in [0.2, 0.25) is 0 Å². The Morgan fingerprint density at radius 3 is 2.53 bits per heavy atom. The van der Waals surface area contributed by atoms with Gasteiger partial charge in [-0.15, -0.1) is 0 Å². The number of methoxy groups -OCH3 is 1. The Morgan fingerprint density at radius 2 is 1.89 bits per heavy atom. The minimum absolute atomic E-state index is 0.0586. The highest BCUT2D eigenvalue weighted by Gasteiger charge is 2.18. The third kappa shape index (κ3) is 3.93. The van der Waals surface area contributed by atoms with Crippen LogP contribution in [0.25, 0.3) is 0 Å². The second kappa shape index (κ2) is 6.89. The van der Waals surface area contributed by atoms with Crippen LogP contribution in [0.3, 0.4) is 0 Å². The van der Waals surface area contributed by atoms with Gasteiger partial charge in [0.2, 0.25) is 0 Å². The summed E-state index contributed by atoms with van der Waals surface area (Å²) < 4.78 is 5.25. The van der Waals surface area contributed by atoms with Crippen molar-refractivity contribution in [1.29, 1.82) is 0 Å². The molecule has 2 rings (SSSR count). The molecule has 2 N–H and O–H groups in total. The molecule has 0 spiro atoms. The molecule has 1 aromatic carbocycles. The van der Waals surface area contributed by atoms with Gasteiger partial charge in [-0.1, -0.05) is 19.1 Å². The van der Waals surface area contributed by atoms with E-state index in [4.69, 9.17) is 10.5 Å². The lowest BCUT2D eigenvalue weighted by Gasteiger charge is -2.35. The molecule has 0 aromatic heterocycles. The zero-order chi connectivity index (χ0) is 13.7. The molecule has 1 heterocycles. The fourth-order valence-electron chi connectivity index (χ4n) is 2.54. The molecule has 0 amide bonds. The normalized spacial score (nSPS) is 19.3. The molecule has 0 saturated carbocycles. The molecular formula is C15H25N3O. The Hall–Kier alpha value is -1.10. The number of ether oxygens (including phenoxy) is 1. The zero-order valence-corrected chi connectivity index (χ0v) is 12.0. The van der Waals surface area contributed by atoms with Gasteiger partial charge >= 0.3 is 0 Å². The van der Waals surface area contributed by atoms with E-state index in [1.165, 1.54) is 0 Å². The minimum Gasteiger partial charge on any atom is -0.497 e. The summed E-state index contributed by atoms with van der Waals surface area (Å²) in [6, 6.07) is 8.13. The molecule has 4 heteroatoms. The van der Waals surface area contributed by atoms with Crippen molar-refractivity contribution >= 4 is 0 Å². The van der Waals surface area contributed by atoms with Crippen LogP contribution in [0.4, 0.5) is 0 Å². The van der Waals surface area contributed by atoms with Crippen LogP contribution in [0, 0.1) is 0 Å². The van der Waals surface area contributed by atoms with Crippen LogP contribution < -0.4 is 10.5 Å². The Labute approximate surface area is 116 Å². The molecule has 1 unspecified atom stereocenters. The predicted octanol–water partition coefficient (Wildman–Crippen LogP) is 1.33. The van der Waals surface area contributed by atoms with Gasteiger partial charge in [-0.25, -0.2) is 0 Å². The first-order valence-electron chi connectivity index (χ1n) is 7.07. The number of piperazine rings is 1. The lowest BCUT2D eigenvalue weighted by Crippen LogP contribution is -2.48. The molecule has 1 fully saturated rings. The number of rotatable bonds is 5. The van der Waals surface area contributed by atoms with Crippen molar-refractivity contribution in [3.8, 4) is 5.75 Å². The number of nitrogens with two attached hydrogens (primary N) is 1. The summed E-state index contributed by atoms with van der Waals surface area (Å²) in [5, 5.41) is 0. The van der Waals surface area contributed by atoms with Crippen molar-refractivity contribution in [2.45, 2.75) is 13.0 Å². The molecule has 1 atom stereocenters. The molecule has 1 aliphatic rings. The van der Waals surface area contributed by atoms with Crippen molar-refractivity contribution < 1.29 is 4.74 Å². The molecule has 1 saturated heterocycles. The highest BCUT2D eigenvalue weighted by atomic mass is 16.5. The minimum atomic E-state index is 0.0586. The van der Waals surface area contributed by atoms with Gasteiger partial charge in [-0.3, -0.25) is 4.90 Å². The number of likely N-dealkylation sites (N-methyl/N-ethyl adjacent to an activating group) is 1. The monoisotopic (exact) mass is 263 g/mol. The van der Waals surface area contributed by atoms with E-state index >= 15 is 0 Å². The van der Waals surface area contributed by atoms with Gasteiger partial charge in [0.25, 0.3) is 0 Å². The first-order chi connectivity index (χ1) is 9.22. The summed E-state index contributed by atoms with van der Waals surface area (Å²) in [5.74, 6) is 0.878. The molecule has 19 heavy (non-hydrogen) atoms. The summed E-state index contributed by atoms with van der Waals surface area (Å²) >= 11 is 0. The van der Waals surface area contributed by atoms with Gasteiger partial charge in [0.05, 0.1) is 7.11 Å². The fourth-order valence-corrected chi connectivity index (χ4v) is 2.54. The van der Waals surface area contributed by atoms with E-state index in [-0.39, 0.29) is 6.04 Å². The third-order valence-electron chi connectivity index (χ3n) is 3.89. The fraction of sp³-hybridized carbons (Fsp3) is 0.600. The SMILES string of the molecule is CCN1CCN(CC(N)c2cccc(OC)c2)CC1. The maximum atomic E-state index is 6.31. The summed E-state index contributed by atoms with van der Waals surface area (Å²) in [6.07, 6.45) is 0. The lowest BCUT2D eigenvalue weighted by molar-refractivity contribution is 0.131. The number of nitrogens with zero attached hydrogens (tertiary/aromatic N) is 2. The van der Waals surface area contributed by atoms with Gasteiger partial charge < -0.3 is 15.4 Å². The first kappa shape index (κ1) is 14.3. The molecule has 0 aliphatic carbocycles. The zero-order valence-electron chi connectivity index (χ0n) is 12.0. The second-order valence-corrected chi connectivity index (χ2v) is 5.12. The maximum Gasteiger partial charge on any atom is 0.119 e. The van der Waals surface area contributed by atoms with Crippen molar-refractivity contribution in [2.75, 3.05) is 46.4 Å². The Balaban J connectivity index is 1.88. The van der Waals surface area contributed by atoms with E-state index < -0.39 is 0 Å². The lowest BCUT2D eigenvalue weighted by atomic mass is 10.1. The van der Waals surface area contributed by atoms with Crippen LogP contribution in [0.15, 0.2) is 24.3 Å². The predicted molar refractivity (Wildman–Crippen MR) is 78.5 cm³/mol. The Morgan fingerprint density at radius 1 is 1.21 bits per heavy atom. The van der Waals surface area contributed by atoms with Crippen molar-refractivity contribution in [3.05, 3.63) is 29.8 Å². The van der Waals surface area contributed by atoms with E-state index in [2.05, 4.69) is 22.8 Å². The molecule has 4 nitrogen and oxygen atoms in total. The van der Waals surface area contributed by atoms with Crippen molar-refractivity contribution in [1.82, 2.24) is 9.80 Å². The summed E-state index contributed by atoms with van der Waals surface area (Å²) in [4.78, 5) is 4.93. The average molecular weight is 263 g/mol. The van der Waals surface area contributed by atoms with Crippen molar-refractivity contribution in [2.24, 2.45) is 5.73 Å². The van der Waals surface area contributed by atoms with E-state index in [0.29, 0.717) is 0 Å². The molecule has 0 bridgehead atoms.